The molecule has 16 heavy (non-hydrogen) atoms. The highest BCUT2D eigenvalue weighted by Crippen LogP contribution is 1.95. The van der Waals surface area contributed by atoms with Gasteiger partial charge in [-0.15, -0.1) is 0 Å². The van der Waals surface area contributed by atoms with Gasteiger partial charge in [0.25, 0.3) is 0 Å². The molecule has 1 aromatic rings. The maximum absolute atomic E-state index is 11.4. The normalized spacial score (nSPS) is 12.1. The molecular formula is C11H17N3O2. The second-order valence-corrected chi connectivity index (χ2v) is 3.46. The summed E-state index contributed by atoms with van der Waals surface area (Å²) in [5.41, 5.74) is 6.69. The predicted molar refractivity (Wildman–Crippen MR) is 60.8 cm³/mol. The van der Waals surface area contributed by atoms with Crippen LogP contribution in [0, 0.1) is 0 Å². The van der Waals surface area contributed by atoms with Gasteiger partial charge in [-0.25, -0.2) is 0 Å². The van der Waals surface area contributed by atoms with Crippen molar-refractivity contribution >= 4 is 5.91 Å². The Morgan fingerprint density at radius 2 is 2.25 bits per heavy atom. The van der Waals surface area contributed by atoms with Gasteiger partial charge in [0.15, 0.2) is 0 Å². The minimum atomic E-state index is -0.595. The van der Waals surface area contributed by atoms with E-state index in [-0.39, 0.29) is 12.5 Å². The van der Waals surface area contributed by atoms with Gasteiger partial charge in [0.1, 0.15) is 6.04 Å². The van der Waals surface area contributed by atoms with Crippen molar-refractivity contribution in [1.29, 1.82) is 0 Å². The fourth-order valence-corrected chi connectivity index (χ4v) is 1.27. The highest BCUT2D eigenvalue weighted by molar-refractivity contribution is 5.81. The Morgan fingerprint density at radius 3 is 2.88 bits per heavy atom. The quantitative estimate of drug-likeness (QED) is 0.695. The molecule has 0 spiro atoms. The topological polar surface area (TPSA) is 77.2 Å². The molecule has 0 aliphatic rings. The number of methoxy groups -OCH3 is 1. The van der Waals surface area contributed by atoms with Crippen LogP contribution in [-0.2, 0) is 16.0 Å². The van der Waals surface area contributed by atoms with E-state index in [0.717, 1.165) is 12.0 Å². The Bertz CT molecular complexity index is 316. The minimum Gasteiger partial charge on any atom is -0.383 e. The van der Waals surface area contributed by atoms with Crippen molar-refractivity contribution in [2.75, 3.05) is 20.3 Å². The zero-order valence-corrected chi connectivity index (χ0v) is 9.35. The van der Waals surface area contributed by atoms with Crippen molar-refractivity contribution in [3.8, 4) is 0 Å². The van der Waals surface area contributed by atoms with Crippen LogP contribution in [0.2, 0.25) is 0 Å². The number of rotatable bonds is 6. The van der Waals surface area contributed by atoms with Crippen molar-refractivity contribution in [2.24, 2.45) is 5.73 Å². The zero-order chi connectivity index (χ0) is 11.8. The predicted octanol–water partition coefficient (Wildman–Crippen LogP) is -0.286. The van der Waals surface area contributed by atoms with Crippen LogP contribution in [0.5, 0.6) is 0 Å². The molecule has 88 valence electrons. The van der Waals surface area contributed by atoms with E-state index >= 15 is 0 Å². The van der Waals surface area contributed by atoms with Crippen LogP contribution < -0.4 is 11.1 Å². The van der Waals surface area contributed by atoms with E-state index in [0.29, 0.717) is 6.54 Å². The minimum absolute atomic E-state index is 0.184. The maximum atomic E-state index is 11.4. The second kappa shape index (κ2) is 6.92. The first-order valence-corrected chi connectivity index (χ1v) is 5.15. The molecule has 0 saturated heterocycles. The number of amides is 1. The van der Waals surface area contributed by atoms with Gasteiger partial charge < -0.3 is 15.8 Å². The molecule has 3 N–H and O–H groups in total. The first-order valence-electron chi connectivity index (χ1n) is 5.15. The average Bonchev–Trinajstić information content (AvgIpc) is 2.30. The molecule has 5 nitrogen and oxygen atoms in total. The summed E-state index contributed by atoms with van der Waals surface area (Å²) in [4.78, 5) is 15.3. The number of carbonyl (C=O) groups excluding carboxylic acids is 1. The SMILES string of the molecule is COCC(N)C(=O)NCCc1ccncc1. The number of nitrogens with zero attached hydrogens (tertiary/aromatic N) is 1. The Morgan fingerprint density at radius 1 is 1.56 bits per heavy atom. The molecule has 1 amide bonds. The number of ether oxygens (including phenoxy) is 1. The summed E-state index contributed by atoms with van der Waals surface area (Å²) in [6.45, 7) is 0.807. The summed E-state index contributed by atoms with van der Waals surface area (Å²) in [6, 6.07) is 3.24. The number of hydrogen-bond donors (Lipinski definition) is 2. The van der Waals surface area contributed by atoms with Gasteiger partial charge in [-0.2, -0.15) is 0 Å². The molecule has 0 aliphatic heterocycles. The number of aromatic nitrogens is 1. The zero-order valence-electron chi connectivity index (χ0n) is 9.35. The molecule has 0 aromatic carbocycles. The number of pyridine rings is 1. The summed E-state index contributed by atoms with van der Waals surface area (Å²) in [5, 5.41) is 2.75. The molecule has 0 bridgehead atoms. The molecule has 0 saturated carbocycles. The van der Waals surface area contributed by atoms with E-state index in [2.05, 4.69) is 10.3 Å². The molecular weight excluding hydrogens is 206 g/mol. The lowest BCUT2D eigenvalue weighted by molar-refractivity contribution is -0.123. The lowest BCUT2D eigenvalue weighted by Gasteiger charge is -2.10. The van der Waals surface area contributed by atoms with E-state index < -0.39 is 6.04 Å². The molecule has 1 unspecified atom stereocenters. The van der Waals surface area contributed by atoms with Crippen molar-refractivity contribution in [2.45, 2.75) is 12.5 Å². The van der Waals surface area contributed by atoms with Crippen molar-refractivity contribution in [3.63, 3.8) is 0 Å². The van der Waals surface area contributed by atoms with Crippen molar-refractivity contribution in [3.05, 3.63) is 30.1 Å². The van der Waals surface area contributed by atoms with Crippen LogP contribution in [0.3, 0.4) is 0 Å². The lowest BCUT2D eigenvalue weighted by Crippen LogP contribution is -2.44. The third kappa shape index (κ3) is 4.37. The van der Waals surface area contributed by atoms with E-state index in [1.165, 1.54) is 7.11 Å². The van der Waals surface area contributed by atoms with Crippen LogP contribution in [0.1, 0.15) is 5.56 Å². The molecule has 5 heteroatoms. The maximum Gasteiger partial charge on any atom is 0.239 e. The fraction of sp³-hybridized carbons (Fsp3) is 0.455. The van der Waals surface area contributed by atoms with Gasteiger partial charge in [-0.1, -0.05) is 0 Å². The van der Waals surface area contributed by atoms with Crippen molar-refractivity contribution in [1.82, 2.24) is 10.3 Å². The average molecular weight is 223 g/mol. The van der Waals surface area contributed by atoms with Crippen molar-refractivity contribution < 1.29 is 9.53 Å². The number of hydrogen-bond acceptors (Lipinski definition) is 4. The molecule has 1 rings (SSSR count). The Balaban J connectivity index is 2.23. The third-order valence-electron chi connectivity index (χ3n) is 2.15. The highest BCUT2D eigenvalue weighted by atomic mass is 16.5. The number of carbonyl (C=O) groups is 1. The molecule has 1 heterocycles. The first kappa shape index (κ1) is 12.6. The van der Waals surface area contributed by atoms with E-state index in [4.69, 9.17) is 10.5 Å². The van der Waals surface area contributed by atoms with E-state index in [1.807, 2.05) is 12.1 Å². The molecule has 0 aliphatic carbocycles. The largest absolute Gasteiger partial charge is 0.383 e. The summed E-state index contributed by atoms with van der Waals surface area (Å²) in [5.74, 6) is -0.184. The van der Waals surface area contributed by atoms with Gasteiger partial charge in [0, 0.05) is 26.0 Å². The van der Waals surface area contributed by atoms with Crippen LogP contribution >= 0.6 is 0 Å². The number of nitrogens with one attached hydrogen (secondary N) is 1. The van der Waals surface area contributed by atoms with Gasteiger partial charge in [-0.05, 0) is 24.1 Å². The monoisotopic (exact) mass is 223 g/mol. The summed E-state index contributed by atoms with van der Waals surface area (Å²) < 4.78 is 4.80. The van der Waals surface area contributed by atoms with Crippen LogP contribution in [0.25, 0.3) is 0 Å². The van der Waals surface area contributed by atoms with Crippen LogP contribution in [-0.4, -0.2) is 37.2 Å². The standard InChI is InChI=1S/C11H17N3O2/c1-16-8-10(12)11(15)14-7-4-9-2-5-13-6-3-9/h2-3,5-6,10H,4,7-8,12H2,1H3,(H,14,15). The summed E-state index contributed by atoms with van der Waals surface area (Å²) in [6.07, 6.45) is 4.23. The Labute approximate surface area is 95.0 Å². The Kier molecular flexibility index (Phi) is 5.45. The highest BCUT2D eigenvalue weighted by Gasteiger charge is 2.11. The third-order valence-corrected chi connectivity index (χ3v) is 2.15. The van der Waals surface area contributed by atoms with Crippen LogP contribution in [0.15, 0.2) is 24.5 Å². The van der Waals surface area contributed by atoms with Gasteiger partial charge >= 0.3 is 0 Å². The van der Waals surface area contributed by atoms with Gasteiger partial charge in [-0.3, -0.25) is 9.78 Å². The second-order valence-electron chi connectivity index (χ2n) is 3.46. The van der Waals surface area contributed by atoms with Crippen LogP contribution in [0.4, 0.5) is 0 Å². The molecule has 0 radical (unpaired) electrons. The summed E-state index contributed by atoms with van der Waals surface area (Å²) in [7, 11) is 1.52. The lowest BCUT2D eigenvalue weighted by atomic mass is 10.2. The van der Waals surface area contributed by atoms with E-state index in [9.17, 15) is 4.79 Å². The molecule has 1 atom stereocenters. The summed E-state index contributed by atoms with van der Waals surface area (Å²) >= 11 is 0. The number of nitrogens with two attached hydrogens (primary N) is 1. The fourth-order valence-electron chi connectivity index (χ4n) is 1.27. The van der Waals surface area contributed by atoms with E-state index in [1.54, 1.807) is 12.4 Å². The van der Waals surface area contributed by atoms with Gasteiger partial charge in [0.05, 0.1) is 6.61 Å². The molecule has 1 aromatic heterocycles. The molecule has 0 fully saturated rings. The first-order chi connectivity index (χ1) is 7.74. The Hall–Kier alpha value is -1.46. The van der Waals surface area contributed by atoms with Gasteiger partial charge in [0.2, 0.25) is 5.91 Å². The smallest absolute Gasteiger partial charge is 0.239 e.